The molecule has 0 amide bonds. The quantitative estimate of drug-likeness (QED) is 0.678. The number of halogens is 4. The zero-order valence-corrected chi connectivity index (χ0v) is 10.9. The first-order valence-corrected chi connectivity index (χ1v) is 6.03. The predicted molar refractivity (Wildman–Crippen MR) is 67.3 cm³/mol. The molecule has 0 N–H and O–H groups in total. The van der Waals surface area contributed by atoms with E-state index >= 15 is 0 Å². The minimum absolute atomic E-state index is 0.0146. The lowest BCUT2D eigenvalue weighted by molar-refractivity contribution is -0.138. The van der Waals surface area contributed by atoms with E-state index in [1.807, 2.05) is 0 Å². The highest BCUT2D eigenvalue weighted by Gasteiger charge is 2.34. The van der Waals surface area contributed by atoms with Crippen molar-refractivity contribution >= 4 is 17.4 Å². The molecule has 3 rings (SSSR count). The summed E-state index contributed by atoms with van der Waals surface area (Å²) < 4.78 is 45.2. The molecule has 0 atom stereocenters. The van der Waals surface area contributed by atoms with E-state index in [0.29, 0.717) is 0 Å². The second kappa shape index (κ2) is 4.88. The maximum absolute atomic E-state index is 12.9. The van der Waals surface area contributed by atoms with Gasteiger partial charge in [-0.3, -0.25) is 0 Å². The van der Waals surface area contributed by atoms with Gasteiger partial charge in [0.05, 0.1) is 5.56 Å². The summed E-state index contributed by atoms with van der Waals surface area (Å²) in [6.45, 7) is 0. The summed E-state index contributed by atoms with van der Waals surface area (Å²) in [6.07, 6.45) is -3.34. The smallest absolute Gasteiger partial charge is 0.419 e. The first-order chi connectivity index (χ1) is 9.95. The topological polar surface area (TPSA) is 52.3 Å². The molecular formula is C12H6ClF3N4O. The summed E-state index contributed by atoms with van der Waals surface area (Å²) in [4.78, 5) is 7.67. The monoisotopic (exact) mass is 314 g/mol. The summed E-state index contributed by atoms with van der Waals surface area (Å²) in [6, 6.07) is 6.11. The van der Waals surface area contributed by atoms with Crippen LogP contribution in [0.2, 0.25) is 5.15 Å². The highest BCUT2D eigenvalue weighted by molar-refractivity contribution is 6.29. The number of nitrogens with zero attached hydrogens (tertiary/aromatic N) is 4. The van der Waals surface area contributed by atoms with Gasteiger partial charge < -0.3 is 4.74 Å². The molecule has 0 saturated heterocycles. The normalized spacial score (nSPS) is 11.8. The molecule has 0 unspecified atom stereocenters. The third-order valence-electron chi connectivity index (χ3n) is 2.59. The fourth-order valence-corrected chi connectivity index (χ4v) is 1.90. The summed E-state index contributed by atoms with van der Waals surface area (Å²) in [5.41, 5.74) is -0.897. The Labute approximate surface area is 121 Å². The lowest BCUT2D eigenvalue weighted by atomic mass is 10.2. The highest BCUT2D eigenvalue weighted by atomic mass is 35.5. The zero-order valence-electron chi connectivity index (χ0n) is 10.2. The average molecular weight is 315 g/mol. The van der Waals surface area contributed by atoms with Crippen LogP contribution in [0.4, 0.5) is 13.2 Å². The van der Waals surface area contributed by atoms with E-state index in [0.717, 1.165) is 10.6 Å². The number of hydrogen-bond donors (Lipinski definition) is 0. The highest BCUT2D eigenvalue weighted by Crippen LogP contribution is 2.37. The predicted octanol–water partition coefficient (Wildman–Crippen LogP) is 3.59. The molecule has 0 aliphatic carbocycles. The van der Waals surface area contributed by atoms with Crippen LogP contribution in [0, 0.1) is 0 Å². The molecule has 3 aromatic rings. The van der Waals surface area contributed by atoms with Crippen molar-refractivity contribution in [3.8, 4) is 11.6 Å². The van der Waals surface area contributed by atoms with Crippen LogP contribution < -0.4 is 4.74 Å². The Kier molecular flexibility index (Phi) is 3.17. The van der Waals surface area contributed by atoms with Crippen molar-refractivity contribution in [1.82, 2.24) is 19.6 Å². The minimum Gasteiger partial charge on any atom is -0.438 e. The van der Waals surface area contributed by atoms with Crippen LogP contribution in [0.3, 0.4) is 0 Å². The van der Waals surface area contributed by atoms with E-state index in [-0.39, 0.29) is 22.6 Å². The van der Waals surface area contributed by atoms with Gasteiger partial charge in [-0.15, -0.1) is 0 Å². The Morgan fingerprint density at radius 2 is 1.95 bits per heavy atom. The average Bonchev–Trinajstić information content (AvgIpc) is 2.86. The third-order valence-corrected chi connectivity index (χ3v) is 2.79. The van der Waals surface area contributed by atoms with Crippen molar-refractivity contribution in [2.45, 2.75) is 6.18 Å². The minimum atomic E-state index is -4.53. The van der Waals surface area contributed by atoms with Crippen LogP contribution in [0.1, 0.15) is 5.56 Å². The fourth-order valence-electron chi connectivity index (χ4n) is 1.73. The molecule has 0 radical (unpaired) electrons. The first-order valence-electron chi connectivity index (χ1n) is 5.65. The number of fused-ring (bicyclic) bond motifs is 1. The number of hydrogen-bond acceptors (Lipinski definition) is 4. The van der Waals surface area contributed by atoms with Crippen LogP contribution >= 0.6 is 11.6 Å². The zero-order chi connectivity index (χ0) is 15.0. The number of para-hydroxylation sites is 1. The molecule has 0 fully saturated rings. The van der Waals surface area contributed by atoms with Gasteiger partial charge in [0.25, 0.3) is 5.78 Å². The SMILES string of the molecule is FC(F)(F)c1ccccc1Oc1cc(Cl)nc2ncnn12. The van der Waals surface area contributed by atoms with Crippen molar-refractivity contribution in [2.75, 3.05) is 0 Å². The molecule has 21 heavy (non-hydrogen) atoms. The van der Waals surface area contributed by atoms with Crippen LogP contribution in [0.15, 0.2) is 36.7 Å². The van der Waals surface area contributed by atoms with E-state index in [9.17, 15) is 13.2 Å². The lowest BCUT2D eigenvalue weighted by Crippen LogP contribution is -2.08. The van der Waals surface area contributed by atoms with Crippen molar-refractivity contribution < 1.29 is 17.9 Å². The van der Waals surface area contributed by atoms with Crippen molar-refractivity contribution in [1.29, 1.82) is 0 Å². The lowest BCUT2D eigenvalue weighted by Gasteiger charge is -2.13. The Morgan fingerprint density at radius 1 is 1.19 bits per heavy atom. The number of benzene rings is 1. The van der Waals surface area contributed by atoms with Crippen molar-refractivity contribution in [3.63, 3.8) is 0 Å². The van der Waals surface area contributed by atoms with Gasteiger partial charge in [-0.05, 0) is 12.1 Å². The van der Waals surface area contributed by atoms with Crippen LogP contribution in [-0.4, -0.2) is 19.6 Å². The Bertz CT molecular complexity index is 803. The maximum atomic E-state index is 12.9. The van der Waals surface area contributed by atoms with E-state index in [1.54, 1.807) is 0 Å². The summed E-state index contributed by atoms with van der Waals surface area (Å²) in [5.74, 6) is -0.245. The molecule has 0 spiro atoms. The third kappa shape index (κ3) is 2.62. The summed E-state index contributed by atoms with van der Waals surface area (Å²) in [5, 5.41) is 3.86. The molecule has 5 nitrogen and oxygen atoms in total. The molecule has 108 valence electrons. The molecule has 2 heterocycles. The van der Waals surface area contributed by atoms with Gasteiger partial charge in [0.15, 0.2) is 0 Å². The van der Waals surface area contributed by atoms with Crippen LogP contribution in [0.25, 0.3) is 5.78 Å². The van der Waals surface area contributed by atoms with E-state index in [1.165, 1.54) is 30.6 Å². The fraction of sp³-hybridized carbons (Fsp3) is 0.0833. The molecule has 1 aromatic carbocycles. The number of ether oxygens (including phenoxy) is 1. The van der Waals surface area contributed by atoms with Gasteiger partial charge in [-0.25, -0.2) is 0 Å². The summed E-state index contributed by atoms with van der Waals surface area (Å²) >= 11 is 5.78. The molecule has 9 heteroatoms. The Morgan fingerprint density at radius 3 is 2.71 bits per heavy atom. The van der Waals surface area contributed by atoms with Gasteiger partial charge in [-0.2, -0.15) is 32.8 Å². The van der Waals surface area contributed by atoms with Gasteiger partial charge in [0.1, 0.15) is 17.2 Å². The molecule has 0 bridgehead atoms. The van der Waals surface area contributed by atoms with Crippen molar-refractivity contribution in [2.24, 2.45) is 0 Å². The number of aromatic nitrogens is 4. The Hall–Kier alpha value is -2.35. The van der Waals surface area contributed by atoms with E-state index < -0.39 is 11.7 Å². The van der Waals surface area contributed by atoms with Gasteiger partial charge in [0.2, 0.25) is 5.88 Å². The summed E-state index contributed by atoms with van der Waals surface area (Å²) in [7, 11) is 0. The number of alkyl halides is 3. The van der Waals surface area contributed by atoms with E-state index in [4.69, 9.17) is 16.3 Å². The first kappa shape index (κ1) is 13.6. The molecule has 2 aromatic heterocycles. The Balaban J connectivity index is 2.09. The molecular weight excluding hydrogens is 309 g/mol. The largest absolute Gasteiger partial charge is 0.438 e. The molecule has 0 saturated carbocycles. The van der Waals surface area contributed by atoms with Crippen LogP contribution in [0.5, 0.6) is 11.6 Å². The van der Waals surface area contributed by atoms with Gasteiger partial charge in [-0.1, -0.05) is 23.7 Å². The van der Waals surface area contributed by atoms with Gasteiger partial charge >= 0.3 is 6.18 Å². The molecule has 0 aliphatic heterocycles. The standard InChI is InChI=1S/C12H6ClF3N4O/c13-9-5-10(20-11(19-9)17-6-18-20)21-8-4-2-1-3-7(8)12(14,15)16/h1-6H. The van der Waals surface area contributed by atoms with E-state index in [2.05, 4.69) is 15.1 Å². The van der Waals surface area contributed by atoms with Crippen molar-refractivity contribution in [3.05, 3.63) is 47.4 Å². The van der Waals surface area contributed by atoms with Gasteiger partial charge in [0, 0.05) is 6.07 Å². The second-order valence-corrected chi connectivity index (χ2v) is 4.37. The van der Waals surface area contributed by atoms with Crippen LogP contribution in [-0.2, 0) is 6.18 Å². The maximum Gasteiger partial charge on any atom is 0.419 e. The number of rotatable bonds is 2. The second-order valence-electron chi connectivity index (χ2n) is 3.98. The molecule has 0 aliphatic rings.